The van der Waals surface area contributed by atoms with E-state index in [1.807, 2.05) is 0 Å². The predicted molar refractivity (Wildman–Crippen MR) is 118 cm³/mol. The maximum Gasteiger partial charge on any atom is 0.200 e. The van der Waals surface area contributed by atoms with Crippen molar-refractivity contribution >= 4 is 16.6 Å². The van der Waals surface area contributed by atoms with Gasteiger partial charge < -0.3 is 14.0 Å². The maximum absolute atomic E-state index is 10.4. The molecule has 1 N–H and O–H groups in total. The van der Waals surface area contributed by atoms with Gasteiger partial charge in [0.25, 0.3) is 0 Å². The first kappa shape index (κ1) is 24.4. The normalized spacial score (nSPS) is 25.7. The van der Waals surface area contributed by atoms with Crippen LogP contribution in [0.5, 0.6) is 0 Å². The van der Waals surface area contributed by atoms with Gasteiger partial charge in [-0.25, -0.2) is 0 Å². The van der Waals surface area contributed by atoms with Gasteiger partial charge in [0.05, 0.1) is 12.2 Å². The average molecular weight is 403 g/mol. The Morgan fingerprint density at radius 1 is 0.923 bits per heavy atom. The molecule has 0 amide bonds. The molecule has 0 aromatic heterocycles. The SMILES string of the molecule is CC(C)[Si](O[C@H]1C[C@@H](O)C[C@@H]1CO[Si](C)(C)C(C)(C)C)(C(C)C)C(C)C. The molecule has 5 heteroatoms. The molecule has 0 unspecified atom stereocenters. The van der Waals surface area contributed by atoms with E-state index in [4.69, 9.17) is 8.85 Å². The minimum absolute atomic E-state index is 0.147. The van der Waals surface area contributed by atoms with Crippen molar-refractivity contribution in [1.29, 1.82) is 0 Å². The van der Waals surface area contributed by atoms with Gasteiger partial charge in [0.2, 0.25) is 8.32 Å². The number of aliphatic hydroxyl groups excluding tert-OH is 1. The number of hydrogen-bond acceptors (Lipinski definition) is 3. The maximum atomic E-state index is 10.4. The third-order valence-corrected chi connectivity index (χ3v) is 17.8. The average Bonchev–Trinajstić information content (AvgIpc) is 2.80. The summed E-state index contributed by atoms with van der Waals surface area (Å²) in [5, 5.41) is 10.6. The van der Waals surface area contributed by atoms with Crippen LogP contribution in [0.2, 0.25) is 34.8 Å². The van der Waals surface area contributed by atoms with Gasteiger partial charge in [-0.3, -0.25) is 0 Å². The lowest BCUT2D eigenvalue weighted by Gasteiger charge is -2.45. The Morgan fingerprint density at radius 2 is 1.38 bits per heavy atom. The van der Waals surface area contributed by atoms with Gasteiger partial charge in [-0.15, -0.1) is 0 Å². The van der Waals surface area contributed by atoms with Crippen LogP contribution in [-0.2, 0) is 8.85 Å². The van der Waals surface area contributed by atoms with Gasteiger partial charge >= 0.3 is 0 Å². The lowest BCUT2D eigenvalue weighted by Crippen LogP contribution is -2.51. The van der Waals surface area contributed by atoms with Crippen LogP contribution in [0, 0.1) is 5.92 Å². The van der Waals surface area contributed by atoms with Crippen LogP contribution < -0.4 is 0 Å². The molecule has 0 aromatic rings. The highest BCUT2D eigenvalue weighted by Gasteiger charge is 2.49. The first-order chi connectivity index (χ1) is 11.6. The van der Waals surface area contributed by atoms with Crippen LogP contribution in [-0.4, -0.2) is 40.6 Å². The van der Waals surface area contributed by atoms with Crippen molar-refractivity contribution in [3.8, 4) is 0 Å². The molecule has 0 heterocycles. The summed E-state index contributed by atoms with van der Waals surface area (Å²) in [5.74, 6) is 0.322. The van der Waals surface area contributed by atoms with Crippen LogP contribution in [0.1, 0.15) is 75.2 Å². The van der Waals surface area contributed by atoms with Crippen LogP contribution >= 0.6 is 0 Å². The molecule has 0 aliphatic heterocycles. The molecule has 0 aromatic carbocycles. The second-order valence-electron chi connectivity index (χ2n) is 10.9. The highest BCUT2D eigenvalue weighted by Crippen LogP contribution is 2.46. The Balaban J connectivity index is 2.96. The smallest absolute Gasteiger partial charge is 0.200 e. The van der Waals surface area contributed by atoms with Gasteiger partial charge in [-0.1, -0.05) is 62.3 Å². The van der Waals surface area contributed by atoms with E-state index in [0.717, 1.165) is 19.4 Å². The minimum Gasteiger partial charge on any atom is -0.416 e. The van der Waals surface area contributed by atoms with E-state index >= 15 is 0 Å². The van der Waals surface area contributed by atoms with Gasteiger partial charge in [0.15, 0.2) is 8.32 Å². The molecule has 1 rings (SSSR count). The van der Waals surface area contributed by atoms with E-state index in [2.05, 4.69) is 75.4 Å². The van der Waals surface area contributed by atoms with Gasteiger partial charge in [-0.05, 0) is 47.6 Å². The van der Waals surface area contributed by atoms with Gasteiger partial charge in [0, 0.05) is 12.5 Å². The fourth-order valence-electron chi connectivity index (χ4n) is 4.58. The Morgan fingerprint density at radius 3 is 1.77 bits per heavy atom. The number of hydrogen-bond donors (Lipinski definition) is 1. The predicted octanol–water partition coefficient (Wildman–Crippen LogP) is 6.34. The molecule has 1 aliphatic carbocycles. The monoisotopic (exact) mass is 402 g/mol. The molecule has 0 spiro atoms. The van der Waals surface area contributed by atoms with Crippen molar-refractivity contribution in [2.24, 2.45) is 5.92 Å². The molecule has 3 nitrogen and oxygen atoms in total. The highest BCUT2D eigenvalue weighted by molar-refractivity contribution is 6.77. The molecule has 26 heavy (non-hydrogen) atoms. The van der Waals surface area contributed by atoms with E-state index in [1.165, 1.54) is 0 Å². The Labute approximate surface area is 165 Å². The fourth-order valence-corrected chi connectivity index (χ4v) is 11.3. The lowest BCUT2D eigenvalue weighted by molar-refractivity contribution is 0.0954. The fraction of sp³-hybridized carbons (Fsp3) is 1.00. The summed E-state index contributed by atoms with van der Waals surface area (Å²) in [6.07, 6.45) is 1.49. The second kappa shape index (κ2) is 8.77. The molecule has 0 radical (unpaired) electrons. The van der Waals surface area contributed by atoms with E-state index in [-0.39, 0.29) is 17.2 Å². The van der Waals surface area contributed by atoms with E-state index < -0.39 is 16.6 Å². The standard InChI is InChI=1S/C21H46O3Si2/c1-15(2)26(16(3)4,17(5)6)24-20-13-19(22)12-18(20)14-23-25(10,11)21(7,8)9/h15-20,22H,12-14H2,1-11H3/t18-,19+,20+/m1/s1. The first-order valence-electron chi connectivity index (χ1n) is 10.6. The van der Waals surface area contributed by atoms with Crippen LogP contribution in [0.25, 0.3) is 0 Å². The summed E-state index contributed by atoms with van der Waals surface area (Å²) in [4.78, 5) is 0. The zero-order valence-electron chi connectivity index (χ0n) is 19.3. The summed E-state index contributed by atoms with van der Waals surface area (Å²) >= 11 is 0. The van der Waals surface area contributed by atoms with Gasteiger partial charge in [-0.2, -0.15) is 0 Å². The van der Waals surface area contributed by atoms with Crippen molar-refractivity contribution in [2.75, 3.05) is 6.61 Å². The van der Waals surface area contributed by atoms with Crippen LogP contribution in [0.3, 0.4) is 0 Å². The molecule has 0 bridgehead atoms. The summed E-state index contributed by atoms with van der Waals surface area (Å²) in [5.41, 5.74) is 1.71. The first-order valence-corrected chi connectivity index (χ1v) is 15.7. The number of rotatable bonds is 8. The molecule has 3 atom stereocenters. The zero-order chi connectivity index (χ0) is 20.5. The third-order valence-electron chi connectivity index (χ3n) is 7.13. The van der Waals surface area contributed by atoms with Crippen molar-refractivity contribution in [1.82, 2.24) is 0 Å². The van der Waals surface area contributed by atoms with Crippen molar-refractivity contribution < 1.29 is 14.0 Å². The van der Waals surface area contributed by atoms with Crippen LogP contribution in [0.4, 0.5) is 0 Å². The van der Waals surface area contributed by atoms with Crippen molar-refractivity contribution in [3.05, 3.63) is 0 Å². The number of aliphatic hydroxyl groups is 1. The molecular formula is C21H46O3Si2. The van der Waals surface area contributed by atoms with Crippen molar-refractivity contribution in [3.63, 3.8) is 0 Å². The molecule has 1 aliphatic rings. The van der Waals surface area contributed by atoms with E-state index in [1.54, 1.807) is 0 Å². The van der Waals surface area contributed by atoms with E-state index in [0.29, 0.717) is 22.5 Å². The quantitative estimate of drug-likeness (QED) is 0.481. The second-order valence-corrected chi connectivity index (χ2v) is 21.1. The van der Waals surface area contributed by atoms with Crippen LogP contribution in [0.15, 0.2) is 0 Å². The third kappa shape index (κ3) is 5.22. The molecule has 156 valence electrons. The van der Waals surface area contributed by atoms with Crippen molar-refractivity contribution in [2.45, 2.75) is 122 Å². The molecule has 0 saturated heterocycles. The summed E-state index contributed by atoms with van der Waals surface area (Å²) in [6.45, 7) is 26.2. The lowest BCUT2D eigenvalue weighted by atomic mass is 10.1. The molecule has 1 saturated carbocycles. The Kier molecular flexibility index (Phi) is 8.21. The Hall–Kier alpha value is 0.314. The van der Waals surface area contributed by atoms with E-state index in [9.17, 15) is 5.11 Å². The topological polar surface area (TPSA) is 38.7 Å². The highest BCUT2D eigenvalue weighted by atomic mass is 28.4. The summed E-state index contributed by atoms with van der Waals surface area (Å²) in [7, 11) is -3.70. The summed E-state index contributed by atoms with van der Waals surface area (Å²) < 4.78 is 13.5. The molecule has 1 fully saturated rings. The summed E-state index contributed by atoms with van der Waals surface area (Å²) in [6, 6.07) is 0. The molecular weight excluding hydrogens is 356 g/mol. The minimum atomic E-state index is -1.93. The largest absolute Gasteiger partial charge is 0.416 e. The van der Waals surface area contributed by atoms with Gasteiger partial charge in [0.1, 0.15) is 0 Å². The Bertz CT molecular complexity index is 419. The zero-order valence-corrected chi connectivity index (χ0v) is 21.3.